The minimum absolute atomic E-state index is 0.0253. The lowest BCUT2D eigenvalue weighted by atomic mass is 9.96. The zero-order valence-corrected chi connectivity index (χ0v) is 48.6. The number of primary amides is 1. The van der Waals surface area contributed by atoms with Crippen LogP contribution in [0, 0.1) is 17.8 Å². The third kappa shape index (κ3) is 31.0. The van der Waals surface area contributed by atoms with Crippen LogP contribution in [0.3, 0.4) is 0 Å². The smallest absolute Gasteiger partial charge is 0.326 e. The summed E-state index contributed by atoms with van der Waals surface area (Å²) >= 11 is 0. The average Bonchev–Trinajstić information content (AvgIpc) is 3.51. The highest BCUT2D eigenvalue weighted by Crippen LogP contribution is 2.14. The molecule has 0 aliphatic rings. The first kappa shape index (κ1) is 76.1. The molecule has 476 valence electrons. The summed E-state index contributed by atoms with van der Waals surface area (Å²) in [6, 6.07) is -15.9. The van der Waals surface area contributed by atoms with Crippen molar-refractivity contribution in [2.75, 3.05) is 13.2 Å². The summed E-state index contributed by atoms with van der Waals surface area (Å²) in [4.78, 5) is 194. The fourth-order valence-electron chi connectivity index (χ4n) is 7.97. The molecule has 0 aromatic heterocycles. The van der Waals surface area contributed by atoms with Crippen molar-refractivity contribution in [1.82, 2.24) is 47.9 Å². The van der Waals surface area contributed by atoms with E-state index < -0.39 is 188 Å². The number of hydrogen-bond donors (Lipinski definition) is 17. The van der Waals surface area contributed by atoms with E-state index in [1.165, 1.54) is 6.92 Å². The van der Waals surface area contributed by atoms with Crippen molar-refractivity contribution < 1.29 is 97.5 Å². The average molecular weight is 1200 g/mol. The fourth-order valence-corrected chi connectivity index (χ4v) is 7.97. The highest BCUT2D eigenvalue weighted by atomic mass is 16.4. The van der Waals surface area contributed by atoms with E-state index in [1.54, 1.807) is 41.5 Å². The van der Waals surface area contributed by atoms with Crippen LogP contribution in [0.1, 0.15) is 145 Å². The number of carbonyl (C=O) groups excluding carboxylic acids is 11. The van der Waals surface area contributed by atoms with Gasteiger partial charge in [0.25, 0.3) is 0 Å². The molecule has 0 spiro atoms. The third-order valence-corrected chi connectivity index (χ3v) is 13.0. The lowest BCUT2D eigenvalue weighted by Crippen LogP contribution is -2.62. The Labute approximate surface area is 486 Å². The molecule has 32 heteroatoms. The molecule has 0 aromatic carbocycles. The van der Waals surface area contributed by atoms with Crippen LogP contribution < -0.4 is 65.1 Å². The van der Waals surface area contributed by atoms with Crippen LogP contribution in [0.5, 0.6) is 0 Å². The van der Waals surface area contributed by atoms with Gasteiger partial charge in [0.15, 0.2) is 0 Å². The van der Waals surface area contributed by atoms with Crippen molar-refractivity contribution in [2.45, 2.75) is 205 Å². The van der Waals surface area contributed by atoms with Gasteiger partial charge in [0.1, 0.15) is 60.2 Å². The molecule has 11 atom stereocenters. The van der Waals surface area contributed by atoms with Crippen LogP contribution in [-0.4, -0.2) is 188 Å². The molecule has 0 saturated carbocycles. The highest BCUT2D eigenvalue weighted by Gasteiger charge is 2.37. The monoisotopic (exact) mass is 1200 g/mol. The molecule has 0 saturated heterocycles. The number of carboxylic acid groups (broad SMARTS) is 4. The van der Waals surface area contributed by atoms with Gasteiger partial charge in [0, 0.05) is 25.7 Å². The standard InChI is InChI=1S/C52H88N12O20/c1-8-27(6)43(64-49(80)34(21-25(2)3)60-44(75)30(11-9-10-20-53)57-45(76)31(13-16-38(55)67)56-39(68)17-12-29(54)28(7)66)51(82)63-37(24-65)50(81)59-32(14-18-40(69)70)46(77)58-33(15-19-41(71)72)47(78)61-35(23-42(73)74)48(79)62-36(52(83)84)22-26(4)5/h25-27,29-37,43,65H,8-24,53-54H2,1-7H3,(H2,55,67)(H,56,68)(H,57,76)(H,58,77)(H,59,81)(H,60,75)(H,61,78)(H,62,79)(H,63,82)(H,64,80)(H,69,70)(H,71,72)(H,73,74)(H,83,84)/t27?,29?,30-,31-,32-,33-,34-,35-,36-,37-,43-/m0/s1. The SMILES string of the molecule is CCC(C)[C@H](NC(=O)[C@H](CC(C)C)NC(=O)[C@H](CCCCN)NC(=O)[C@H](CCC(N)=O)NC(=O)CCC(N)C(C)=O)C(=O)N[C@@H](CO)C(=O)N[C@@H](CCC(=O)O)C(=O)N[C@@H](CCC(=O)O)C(=O)N[C@@H](CC(=O)O)C(=O)N[C@@H](CC(C)C)C(=O)O. The number of aliphatic hydroxyl groups excluding tert-OH is 1. The fraction of sp³-hybridized carbons (Fsp3) is 0.712. The van der Waals surface area contributed by atoms with E-state index in [4.69, 9.17) is 17.2 Å². The number of ketones is 1. The molecule has 0 aliphatic heterocycles. The number of Topliss-reactive ketones (excluding diaryl/α,β-unsaturated/α-hetero) is 1. The van der Waals surface area contributed by atoms with Crippen LogP contribution in [0.4, 0.5) is 0 Å². The van der Waals surface area contributed by atoms with Gasteiger partial charge in [-0.15, -0.1) is 0 Å². The van der Waals surface area contributed by atoms with E-state index in [1.807, 2.05) is 0 Å². The second-order valence-electron chi connectivity index (χ2n) is 21.2. The van der Waals surface area contributed by atoms with Crippen LogP contribution in [0.15, 0.2) is 0 Å². The Morgan fingerprint density at radius 2 is 0.833 bits per heavy atom. The first-order valence-electron chi connectivity index (χ1n) is 27.6. The Bertz CT molecular complexity index is 2300. The summed E-state index contributed by atoms with van der Waals surface area (Å²) in [6.07, 6.45) is -4.43. The Balaban J connectivity index is 6.80. The van der Waals surface area contributed by atoms with Gasteiger partial charge in [-0.1, -0.05) is 48.0 Å². The molecule has 0 rings (SSSR count). The van der Waals surface area contributed by atoms with Crippen molar-refractivity contribution in [3.05, 3.63) is 0 Å². The molecular formula is C52H88N12O20. The van der Waals surface area contributed by atoms with E-state index in [9.17, 15) is 97.5 Å². The third-order valence-electron chi connectivity index (χ3n) is 13.0. The molecule has 2 unspecified atom stereocenters. The zero-order chi connectivity index (χ0) is 64.6. The van der Waals surface area contributed by atoms with Crippen molar-refractivity contribution >= 4 is 88.7 Å². The van der Waals surface area contributed by atoms with Crippen molar-refractivity contribution in [3.8, 4) is 0 Å². The topological polar surface area (TPSA) is 544 Å². The largest absolute Gasteiger partial charge is 0.481 e. The number of carboxylic acids is 4. The van der Waals surface area contributed by atoms with Gasteiger partial charge in [-0.2, -0.15) is 0 Å². The second kappa shape index (κ2) is 39.6. The number of aliphatic carboxylic acids is 4. The predicted molar refractivity (Wildman–Crippen MR) is 296 cm³/mol. The van der Waals surface area contributed by atoms with Gasteiger partial charge in [-0.3, -0.25) is 67.1 Å². The highest BCUT2D eigenvalue weighted by molar-refractivity contribution is 5.99. The number of rotatable bonds is 44. The van der Waals surface area contributed by atoms with Gasteiger partial charge in [-0.05, 0) is 89.0 Å². The van der Waals surface area contributed by atoms with Gasteiger partial charge in [-0.25, -0.2) is 4.79 Å². The van der Waals surface area contributed by atoms with E-state index in [-0.39, 0.29) is 82.0 Å². The molecule has 10 amide bonds. The van der Waals surface area contributed by atoms with E-state index in [0.29, 0.717) is 6.42 Å². The summed E-state index contributed by atoms with van der Waals surface area (Å²) in [5.74, 6) is -18.3. The summed E-state index contributed by atoms with van der Waals surface area (Å²) in [5.41, 5.74) is 16.8. The normalized spacial score (nSPS) is 15.0. The van der Waals surface area contributed by atoms with Crippen molar-refractivity contribution in [1.29, 1.82) is 0 Å². The molecular weight excluding hydrogens is 1110 g/mol. The number of amides is 10. The van der Waals surface area contributed by atoms with Gasteiger partial charge in [0.05, 0.1) is 19.1 Å². The van der Waals surface area contributed by atoms with Crippen molar-refractivity contribution in [2.24, 2.45) is 35.0 Å². The molecule has 84 heavy (non-hydrogen) atoms. The lowest BCUT2D eigenvalue weighted by Gasteiger charge is -2.30. The van der Waals surface area contributed by atoms with Gasteiger partial charge < -0.3 is 90.6 Å². The summed E-state index contributed by atoms with van der Waals surface area (Å²) in [6.45, 7) is 10.2. The van der Waals surface area contributed by atoms with Crippen LogP contribution in [0.25, 0.3) is 0 Å². The Kier molecular flexibility index (Phi) is 35.9. The summed E-state index contributed by atoms with van der Waals surface area (Å²) in [5, 5.41) is 69.5. The zero-order valence-electron chi connectivity index (χ0n) is 48.6. The van der Waals surface area contributed by atoms with Crippen LogP contribution >= 0.6 is 0 Å². The Morgan fingerprint density at radius 1 is 0.440 bits per heavy atom. The Morgan fingerprint density at radius 3 is 1.25 bits per heavy atom. The molecule has 0 bridgehead atoms. The number of nitrogens with two attached hydrogens (primary N) is 3. The molecule has 0 radical (unpaired) electrons. The van der Waals surface area contributed by atoms with Crippen LogP contribution in [0.2, 0.25) is 0 Å². The van der Waals surface area contributed by atoms with Crippen molar-refractivity contribution in [3.63, 3.8) is 0 Å². The second-order valence-corrected chi connectivity index (χ2v) is 21.2. The molecule has 32 nitrogen and oxygen atoms in total. The molecule has 20 N–H and O–H groups in total. The molecule has 0 aromatic rings. The molecule has 0 fully saturated rings. The first-order valence-corrected chi connectivity index (χ1v) is 27.6. The predicted octanol–water partition coefficient (Wildman–Crippen LogP) is -4.14. The maximum atomic E-state index is 14.2. The number of hydrogen-bond acceptors (Lipinski definition) is 18. The summed E-state index contributed by atoms with van der Waals surface area (Å²) in [7, 11) is 0. The number of nitrogens with one attached hydrogen (secondary N) is 9. The maximum Gasteiger partial charge on any atom is 0.326 e. The Hall–Kier alpha value is -7.87. The summed E-state index contributed by atoms with van der Waals surface area (Å²) < 4.78 is 0. The van der Waals surface area contributed by atoms with E-state index in [0.717, 1.165) is 0 Å². The first-order chi connectivity index (χ1) is 39.2. The van der Waals surface area contributed by atoms with Gasteiger partial charge >= 0.3 is 23.9 Å². The maximum absolute atomic E-state index is 14.2. The van der Waals surface area contributed by atoms with Gasteiger partial charge in [0.2, 0.25) is 59.1 Å². The number of unbranched alkanes of at least 4 members (excludes halogenated alkanes) is 1. The molecule has 0 heterocycles. The van der Waals surface area contributed by atoms with E-state index >= 15 is 0 Å². The van der Waals surface area contributed by atoms with E-state index in [2.05, 4.69) is 47.9 Å². The lowest BCUT2D eigenvalue weighted by molar-refractivity contribution is -0.144. The minimum atomic E-state index is -1.97. The number of carbonyl (C=O) groups is 15. The quantitative estimate of drug-likeness (QED) is 0.0258. The molecule has 0 aliphatic carbocycles. The van der Waals surface area contributed by atoms with Crippen LogP contribution in [-0.2, 0) is 71.9 Å². The number of aliphatic hydroxyl groups is 1. The minimum Gasteiger partial charge on any atom is -0.481 e.